The molecule has 0 aliphatic carbocycles. The van der Waals surface area contributed by atoms with Gasteiger partial charge >= 0.3 is 0 Å². The topological polar surface area (TPSA) is 72.2 Å². The third kappa shape index (κ3) is 2.11. The van der Waals surface area contributed by atoms with Crippen LogP contribution in [0.4, 0.5) is 5.69 Å². The number of carbonyl (C=O) groups is 1. The lowest BCUT2D eigenvalue weighted by Crippen LogP contribution is -2.12. The highest BCUT2D eigenvalue weighted by Gasteiger charge is 2.14. The van der Waals surface area contributed by atoms with E-state index in [0.29, 0.717) is 16.3 Å². The van der Waals surface area contributed by atoms with Gasteiger partial charge in [-0.05, 0) is 19.1 Å². The number of fused-ring (bicyclic) bond motifs is 2. The Hall–Kier alpha value is -2.80. The van der Waals surface area contributed by atoms with Gasteiger partial charge in [-0.25, -0.2) is 9.50 Å². The molecule has 0 fully saturated rings. The third-order valence-corrected chi connectivity index (χ3v) is 4.10. The van der Waals surface area contributed by atoms with E-state index >= 15 is 0 Å². The highest BCUT2D eigenvalue weighted by atomic mass is 32.1. The van der Waals surface area contributed by atoms with Gasteiger partial charge in [-0.15, -0.1) is 0 Å². The molecule has 1 N–H and O–H groups in total. The van der Waals surface area contributed by atoms with Crippen LogP contribution in [-0.2, 0) is 0 Å². The second-order valence-electron chi connectivity index (χ2n) is 4.81. The average Bonchev–Trinajstić information content (AvgIpc) is 3.05. The Morgan fingerprint density at radius 3 is 3.00 bits per heavy atom. The molecule has 0 saturated heterocycles. The molecule has 0 atom stereocenters. The summed E-state index contributed by atoms with van der Waals surface area (Å²) in [4.78, 5) is 21.7. The van der Waals surface area contributed by atoms with Crippen molar-refractivity contribution in [3.8, 4) is 0 Å². The normalized spacial score (nSPS) is 11.1. The molecular weight excluding hydrogens is 298 g/mol. The zero-order valence-electron chi connectivity index (χ0n) is 11.6. The number of hydrogen-bond acceptors (Lipinski definition) is 5. The summed E-state index contributed by atoms with van der Waals surface area (Å²) >= 11 is 1.45. The van der Waals surface area contributed by atoms with Crippen LogP contribution in [0.25, 0.3) is 15.9 Å². The van der Waals surface area contributed by atoms with Crippen LogP contribution >= 0.6 is 11.3 Å². The summed E-state index contributed by atoms with van der Waals surface area (Å²) in [6.45, 7) is 1.90. The Kier molecular flexibility index (Phi) is 2.87. The van der Waals surface area contributed by atoms with E-state index in [4.69, 9.17) is 0 Å². The number of rotatable bonds is 2. The first-order chi connectivity index (χ1) is 10.7. The molecule has 7 heteroatoms. The third-order valence-electron chi connectivity index (χ3n) is 3.26. The minimum Gasteiger partial charge on any atom is -0.319 e. The van der Waals surface area contributed by atoms with E-state index in [1.54, 1.807) is 16.9 Å². The molecule has 22 heavy (non-hydrogen) atoms. The zero-order valence-corrected chi connectivity index (χ0v) is 12.5. The summed E-state index contributed by atoms with van der Waals surface area (Å²) in [7, 11) is 0. The fraction of sp³-hybridized carbons (Fsp3) is 0.0667. The molecule has 6 nitrogen and oxygen atoms in total. The van der Waals surface area contributed by atoms with Gasteiger partial charge in [-0.3, -0.25) is 9.78 Å². The van der Waals surface area contributed by atoms with Crippen LogP contribution in [0.5, 0.6) is 0 Å². The minimum absolute atomic E-state index is 0.270. The van der Waals surface area contributed by atoms with Crippen molar-refractivity contribution in [1.82, 2.24) is 19.6 Å². The second-order valence-corrected chi connectivity index (χ2v) is 5.97. The number of carbonyl (C=O) groups excluding carboxylic acids is 1. The molecule has 108 valence electrons. The molecule has 1 amide bonds. The largest absolute Gasteiger partial charge is 0.319 e. The quantitative estimate of drug-likeness (QED) is 0.618. The fourth-order valence-corrected chi connectivity index (χ4v) is 3.02. The highest BCUT2D eigenvalue weighted by Crippen LogP contribution is 2.21. The van der Waals surface area contributed by atoms with E-state index in [1.165, 1.54) is 11.3 Å². The van der Waals surface area contributed by atoms with Crippen molar-refractivity contribution in [1.29, 1.82) is 0 Å². The van der Waals surface area contributed by atoms with Gasteiger partial charge < -0.3 is 5.32 Å². The van der Waals surface area contributed by atoms with Gasteiger partial charge in [0.05, 0.1) is 17.4 Å². The standard InChI is InChI=1S/C15H11N5OS/c1-9-19-20-8-12(18-15(20)22-9)14(21)17-11-6-2-4-10-5-3-7-16-13(10)11/h2-8H,1H3,(H,17,21). The van der Waals surface area contributed by atoms with Gasteiger partial charge in [0.15, 0.2) is 0 Å². The maximum atomic E-state index is 12.4. The van der Waals surface area contributed by atoms with Crippen molar-refractivity contribution in [3.63, 3.8) is 0 Å². The van der Waals surface area contributed by atoms with Crippen molar-refractivity contribution in [3.05, 3.63) is 53.4 Å². The number of aromatic nitrogens is 4. The Morgan fingerprint density at radius 2 is 2.14 bits per heavy atom. The fourth-order valence-electron chi connectivity index (χ4n) is 2.30. The molecule has 0 saturated carbocycles. The average molecular weight is 309 g/mol. The van der Waals surface area contributed by atoms with E-state index in [2.05, 4.69) is 20.4 Å². The van der Waals surface area contributed by atoms with Gasteiger partial charge in [-0.2, -0.15) is 5.10 Å². The molecule has 0 spiro atoms. The Labute approximate surface area is 129 Å². The maximum Gasteiger partial charge on any atom is 0.276 e. The summed E-state index contributed by atoms with van der Waals surface area (Å²) in [5.41, 5.74) is 1.77. The molecule has 0 radical (unpaired) electrons. The second kappa shape index (κ2) is 4.88. The molecule has 3 heterocycles. The van der Waals surface area contributed by atoms with E-state index in [1.807, 2.05) is 37.3 Å². The first kappa shape index (κ1) is 12.9. The zero-order chi connectivity index (χ0) is 15.1. The first-order valence-electron chi connectivity index (χ1n) is 6.68. The smallest absolute Gasteiger partial charge is 0.276 e. The van der Waals surface area contributed by atoms with Gasteiger partial charge in [0.2, 0.25) is 4.96 Å². The predicted octanol–water partition coefficient (Wildman–Crippen LogP) is 2.90. The number of anilines is 1. The number of benzene rings is 1. The number of imidazole rings is 1. The Morgan fingerprint density at radius 1 is 1.27 bits per heavy atom. The molecule has 4 rings (SSSR count). The van der Waals surface area contributed by atoms with Crippen molar-refractivity contribution >= 4 is 38.8 Å². The maximum absolute atomic E-state index is 12.4. The lowest BCUT2D eigenvalue weighted by molar-refractivity contribution is 0.102. The minimum atomic E-state index is -0.270. The molecule has 0 aliphatic heterocycles. The summed E-state index contributed by atoms with van der Waals surface area (Å²) in [5, 5.41) is 9.00. The van der Waals surface area contributed by atoms with Crippen molar-refractivity contribution in [2.75, 3.05) is 5.32 Å². The Bertz CT molecular complexity index is 967. The number of hydrogen-bond donors (Lipinski definition) is 1. The number of nitrogens with one attached hydrogen (secondary N) is 1. The number of pyridine rings is 1. The SMILES string of the molecule is Cc1nn2cc(C(=O)Nc3cccc4cccnc34)nc2s1. The van der Waals surface area contributed by atoms with Crippen LogP contribution in [0.1, 0.15) is 15.5 Å². The van der Waals surface area contributed by atoms with Crippen molar-refractivity contribution < 1.29 is 4.79 Å². The van der Waals surface area contributed by atoms with Crippen molar-refractivity contribution in [2.24, 2.45) is 0 Å². The Balaban J connectivity index is 1.69. The molecule has 4 aromatic rings. The van der Waals surface area contributed by atoms with Gasteiger partial charge in [-0.1, -0.05) is 29.5 Å². The lowest BCUT2D eigenvalue weighted by atomic mass is 10.2. The van der Waals surface area contributed by atoms with Gasteiger partial charge in [0.1, 0.15) is 10.7 Å². The number of amides is 1. The van der Waals surface area contributed by atoms with Gasteiger partial charge in [0.25, 0.3) is 5.91 Å². The van der Waals surface area contributed by atoms with E-state index in [0.717, 1.165) is 15.9 Å². The molecule has 1 aromatic carbocycles. The summed E-state index contributed by atoms with van der Waals surface area (Å²) < 4.78 is 1.62. The summed E-state index contributed by atoms with van der Waals surface area (Å²) in [6.07, 6.45) is 3.34. The van der Waals surface area contributed by atoms with E-state index in [-0.39, 0.29) is 5.91 Å². The summed E-state index contributed by atoms with van der Waals surface area (Å²) in [6, 6.07) is 9.49. The van der Waals surface area contributed by atoms with Crippen LogP contribution in [0.15, 0.2) is 42.7 Å². The van der Waals surface area contributed by atoms with Crippen LogP contribution < -0.4 is 5.32 Å². The molecule has 0 aliphatic rings. The van der Waals surface area contributed by atoms with E-state index < -0.39 is 0 Å². The van der Waals surface area contributed by atoms with Crippen LogP contribution in [0.2, 0.25) is 0 Å². The highest BCUT2D eigenvalue weighted by molar-refractivity contribution is 7.16. The van der Waals surface area contributed by atoms with Crippen molar-refractivity contribution in [2.45, 2.75) is 6.92 Å². The molecule has 3 aromatic heterocycles. The summed E-state index contributed by atoms with van der Waals surface area (Å²) in [5.74, 6) is -0.270. The molecule has 0 bridgehead atoms. The van der Waals surface area contributed by atoms with Crippen LogP contribution in [0, 0.1) is 6.92 Å². The first-order valence-corrected chi connectivity index (χ1v) is 7.50. The monoisotopic (exact) mass is 309 g/mol. The number of aryl methyl sites for hydroxylation is 1. The molecular formula is C15H11N5OS. The lowest BCUT2D eigenvalue weighted by Gasteiger charge is -2.06. The van der Waals surface area contributed by atoms with Gasteiger partial charge in [0, 0.05) is 11.6 Å². The van der Waals surface area contributed by atoms with E-state index in [9.17, 15) is 4.79 Å². The van der Waals surface area contributed by atoms with Crippen LogP contribution in [0.3, 0.4) is 0 Å². The van der Waals surface area contributed by atoms with Crippen LogP contribution in [-0.4, -0.2) is 25.5 Å². The predicted molar refractivity (Wildman–Crippen MR) is 85.3 cm³/mol. The number of para-hydroxylation sites is 1. The number of nitrogens with zero attached hydrogens (tertiary/aromatic N) is 4. The molecule has 0 unspecified atom stereocenters.